The van der Waals surface area contributed by atoms with Crippen molar-refractivity contribution in [3.05, 3.63) is 93.3 Å². The van der Waals surface area contributed by atoms with E-state index in [1.54, 1.807) is 44.3 Å². The molecule has 0 unspecified atom stereocenters. The van der Waals surface area contributed by atoms with E-state index in [4.69, 9.17) is 21.1 Å². The van der Waals surface area contributed by atoms with E-state index >= 15 is 0 Å². The number of allylic oxidation sites excluding steroid dienone is 2. The van der Waals surface area contributed by atoms with Gasteiger partial charge in [0, 0.05) is 16.8 Å². The van der Waals surface area contributed by atoms with Crippen molar-refractivity contribution in [3.63, 3.8) is 0 Å². The number of rotatable bonds is 7. The maximum atomic E-state index is 14.1. The number of esters is 1. The fourth-order valence-electron chi connectivity index (χ4n) is 4.16. The minimum absolute atomic E-state index is 0.133. The Balaban J connectivity index is 1.73. The van der Waals surface area contributed by atoms with Crippen LogP contribution in [-0.4, -0.2) is 17.6 Å². The topological polar surface area (TPSA) is 48.4 Å². The van der Waals surface area contributed by atoms with Crippen molar-refractivity contribution in [2.24, 2.45) is 0 Å². The van der Waals surface area contributed by atoms with E-state index in [-0.39, 0.29) is 18.8 Å². The zero-order valence-corrected chi connectivity index (χ0v) is 19.7. The van der Waals surface area contributed by atoms with Gasteiger partial charge in [-0.05, 0) is 86.2 Å². The number of halogens is 3. The lowest BCUT2D eigenvalue weighted by molar-refractivity contribution is 0.0525. The summed E-state index contributed by atoms with van der Waals surface area (Å²) in [6.07, 6.45) is 4.21. The van der Waals surface area contributed by atoms with Gasteiger partial charge in [-0.25, -0.2) is 13.6 Å². The highest BCUT2D eigenvalue weighted by Gasteiger charge is 2.23. The molecule has 3 aromatic rings. The number of aryl methyl sites for hydroxylation is 1. The fourth-order valence-corrected chi connectivity index (χ4v) is 4.33. The molecule has 0 atom stereocenters. The van der Waals surface area contributed by atoms with Crippen molar-refractivity contribution >= 4 is 28.7 Å². The van der Waals surface area contributed by atoms with Crippen LogP contribution in [0.1, 0.15) is 58.9 Å². The highest BCUT2D eigenvalue weighted by molar-refractivity contribution is 6.30. The second kappa shape index (κ2) is 10.3. The normalized spacial score (nSPS) is 13.3. The van der Waals surface area contributed by atoms with Crippen molar-refractivity contribution in [2.45, 2.75) is 39.7 Å². The maximum absolute atomic E-state index is 14.1. The van der Waals surface area contributed by atoms with Crippen LogP contribution in [0, 0.1) is 18.6 Å². The van der Waals surface area contributed by atoms with Crippen molar-refractivity contribution in [1.82, 2.24) is 4.98 Å². The number of pyridine rings is 1. The molecule has 0 amide bonds. The van der Waals surface area contributed by atoms with E-state index in [2.05, 4.69) is 4.98 Å². The lowest BCUT2D eigenvalue weighted by Crippen LogP contribution is -2.08. The van der Waals surface area contributed by atoms with Gasteiger partial charge in [-0.15, -0.1) is 0 Å². The summed E-state index contributed by atoms with van der Waals surface area (Å²) in [6.45, 7) is 3.55. The van der Waals surface area contributed by atoms with E-state index in [0.717, 1.165) is 41.5 Å². The molecular weight excluding hydrogens is 460 g/mol. The number of nitrogens with zero attached hydrogens (tertiary/aromatic N) is 1. The summed E-state index contributed by atoms with van der Waals surface area (Å²) in [5.41, 5.74) is 4.51. The Morgan fingerprint density at radius 3 is 2.56 bits per heavy atom. The average molecular weight is 484 g/mol. The number of ether oxygens (including phenoxy) is 2. The van der Waals surface area contributed by atoms with Gasteiger partial charge >= 0.3 is 5.97 Å². The Morgan fingerprint density at radius 1 is 1.09 bits per heavy atom. The summed E-state index contributed by atoms with van der Waals surface area (Å²) >= 11 is 6.31. The summed E-state index contributed by atoms with van der Waals surface area (Å²) in [5.74, 6) is -1.25. The minimum Gasteiger partial charge on any atom is -0.488 e. The molecule has 4 nitrogen and oxygen atoms in total. The number of hydrogen-bond donors (Lipinski definition) is 0. The van der Waals surface area contributed by atoms with Crippen molar-refractivity contribution < 1.29 is 23.0 Å². The van der Waals surface area contributed by atoms with Gasteiger partial charge in [0.1, 0.15) is 24.0 Å². The summed E-state index contributed by atoms with van der Waals surface area (Å²) in [7, 11) is 0. The second-order valence-electron chi connectivity index (χ2n) is 8.02. The number of aromatic nitrogens is 1. The first-order valence-corrected chi connectivity index (χ1v) is 11.5. The molecule has 34 heavy (non-hydrogen) atoms. The number of carbonyl (C=O) groups excluding carboxylic acids is 1. The van der Waals surface area contributed by atoms with Gasteiger partial charge in [0.2, 0.25) is 0 Å². The Labute approximate surface area is 202 Å². The molecule has 0 saturated heterocycles. The molecular formula is C27H24ClF2NO3. The molecule has 0 radical (unpaired) electrons. The number of benzene rings is 2. The highest BCUT2D eigenvalue weighted by atomic mass is 35.5. The SMILES string of the molecule is CCOC(=O)c1cc(C2=C(c3cc(Cl)ccc3OCc3c(F)cccc3F)CCC2)cnc1C. The molecule has 7 heteroatoms. The van der Waals surface area contributed by atoms with Crippen LogP contribution in [0.2, 0.25) is 5.02 Å². The van der Waals surface area contributed by atoms with Crippen LogP contribution in [0.25, 0.3) is 11.1 Å². The fraction of sp³-hybridized carbons (Fsp3) is 0.259. The molecule has 1 aliphatic rings. The summed E-state index contributed by atoms with van der Waals surface area (Å²) in [4.78, 5) is 16.8. The van der Waals surface area contributed by atoms with E-state index in [1.165, 1.54) is 18.2 Å². The molecule has 4 rings (SSSR count). The lowest BCUT2D eigenvalue weighted by Gasteiger charge is -2.16. The predicted molar refractivity (Wildman–Crippen MR) is 128 cm³/mol. The monoisotopic (exact) mass is 483 g/mol. The molecule has 1 aliphatic carbocycles. The van der Waals surface area contributed by atoms with E-state index in [9.17, 15) is 13.6 Å². The van der Waals surface area contributed by atoms with E-state index in [1.807, 2.05) is 0 Å². The van der Waals surface area contributed by atoms with Crippen LogP contribution in [0.3, 0.4) is 0 Å². The molecule has 0 spiro atoms. The highest BCUT2D eigenvalue weighted by Crippen LogP contribution is 2.44. The predicted octanol–water partition coefficient (Wildman–Crippen LogP) is 7.17. The van der Waals surface area contributed by atoms with Gasteiger partial charge in [0.05, 0.1) is 23.4 Å². The summed E-state index contributed by atoms with van der Waals surface area (Å²) < 4.78 is 39.3. The number of hydrogen-bond acceptors (Lipinski definition) is 4. The first kappa shape index (κ1) is 23.9. The summed E-state index contributed by atoms with van der Waals surface area (Å²) in [6, 6.07) is 10.7. The zero-order valence-electron chi connectivity index (χ0n) is 19.0. The smallest absolute Gasteiger partial charge is 0.339 e. The molecule has 1 heterocycles. The van der Waals surface area contributed by atoms with Crippen LogP contribution in [0.5, 0.6) is 5.75 Å². The molecule has 176 valence electrons. The van der Waals surface area contributed by atoms with Crippen LogP contribution in [0.4, 0.5) is 8.78 Å². The van der Waals surface area contributed by atoms with Crippen molar-refractivity contribution in [2.75, 3.05) is 6.61 Å². The van der Waals surface area contributed by atoms with E-state index in [0.29, 0.717) is 22.0 Å². The van der Waals surface area contributed by atoms with Crippen LogP contribution in [-0.2, 0) is 11.3 Å². The van der Waals surface area contributed by atoms with E-state index < -0.39 is 17.6 Å². The molecule has 0 saturated carbocycles. The Bertz CT molecular complexity index is 1250. The van der Waals surface area contributed by atoms with Crippen LogP contribution < -0.4 is 4.74 Å². The number of carbonyl (C=O) groups is 1. The Hall–Kier alpha value is -3.25. The maximum Gasteiger partial charge on any atom is 0.339 e. The third kappa shape index (κ3) is 4.97. The molecule has 0 bridgehead atoms. The summed E-state index contributed by atoms with van der Waals surface area (Å²) in [5, 5.41) is 0.521. The minimum atomic E-state index is -0.659. The van der Waals surface area contributed by atoms with Crippen molar-refractivity contribution in [1.29, 1.82) is 0 Å². The van der Waals surface area contributed by atoms with Crippen LogP contribution >= 0.6 is 11.6 Å². The lowest BCUT2D eigenvalue weighted by atomic mass is 9.96. The molecule has 0 fully saturated rings. The Morgan fingerprint density at radius 2 is 1.82 bits per heavy atom. The molecule has 2 aromatic carbocycles. The first-order valence-electron chi connectivity index (χ1n) is 11.1. The standard InChI is InChI=1S/C27H24ClF2NO3/c1-3-33-27(32)21-12-17(14-31-16(21)2)19-6-4-7-20(19)22-13-18(28)10-11-26(22)34-15-23-24(29)8-5-9-25(23)30/h5,8-14H,3-4,6-7,15H2,1-2H3. The second-order valence-corrected chi connectivity index (χ2v) is 8.45. The largest absolute Gasteiger partial charge is 0.488 e. The molecule has 0 N–H and O–H groups in total. The van der Waals surface area contributed by atoms with Gasteiger partial charge < -0.3 is 9.47 Å². The quantitative estimate of drug-likeness (QED) is 0.334. The van der Waals surface area contributed by atoms with Gasteiger partial charge in [-0.1, -0.05) is 17.7 Å². The van der Waals surface area contributed by atoms with Gasteiger partial charge in [0.25, 0.3) is 0 Å². The Kier molecular flexibility index (Phi) is 7.27. The van der Waals surface area contributed by atoms with Crippen molar-refractivity contribution in [3.8, 4) is 5.75 Å². The third-order valence-corrected chi connectivity index (χ3v) is 6.08. The van der Waals surface area contributed by atoms with Crippen LogP contribution in [0.15, 0.2) is 48.7 Å². The van der Waals surface area contributed by atoms with Gasteiger partial charge in [-0.2, -0.15) is 0 Å². The van der Waals surface area contributed by atoms with Gasteiger partial charge in [-0.3, -0.25) is 4.98 Å². The molecule has 0 aliphatic heterocycles. The van der Waals surface area contributed by atoms with Gasteiger partial charge in [0.15, 0.2) is 0 Å². The zero-order chi connectivity index (χ0) is 24.2. The first-order chi connectivity index (χ1) is 16.4. The third-order valence-electron chi connectivity index (χ3n) is 5.85. The average Bonchev–Trinajstić information content (AvgIpc) is 3.30. The molecule has 1 aromatic heterocycles.